The normalized spacial score (nSPS) is 9.90. The molecule has 1 amide bonds. The minimum absolute atomic E-state index is 0.232. The molecule has 5 nitrogen and oxygen atoms in total. The lowest BCUT2D eigenvalue weighted by Gasteiger charge is -2.10. The number of nitrogens with one attached hydrogen (secondary N) is 1. The molecule has 5 heteroatoms. The van der Waals surface area contributed by atoms with Gasteiger partial charge in [0.05, 0.1) is 14.2 Å². The van der Waals surface area contributed by atoms with Crippen molar-refractivity contribution in [2.45, 2.75) is 0 Å². The van der Waals surface area contributed by atoms with Crippen LogP contribution in [0.5, 0.6) is 11.5 Å². The summed E-state index contributed by atoms with van der Waals surface area (Å²) in [5.74, 6) is 0.928. The van der Waals surface area contributed by atoms with E-state index >= 15 is 0 Å². The van der Waals surface area contributed by atoms with Crippen molar-refractivity contribution in [2.75, 3.05) is 25.3 Å². The molecule has 0 aromatic heterocycles. The van der Waals surface area contributed by atoms with Crippen LogP contribution in [-0.2, 0) is 0 Å². The highest BCUT2D eigenvalue weighted by atomic mass is 16.5. The summed E-state index contributed by atoms with van der Waals surface area (Å²) in [6.07, 6.45) is 0. The number of anilines is 2. The van der Waals surface area contributed by atoms with Gasteiger partial charge in [-0.2, -0.15) is 0 Å². The standard InChI is InChI=1S/C15H16N2O3/c1-19-13-7-6-12(9-14(13)20-2)17-15(18)10-4-3-5-11(16)8-10/h3-9H,16H2,1-2H3,(H,17,18). The van der Waals surface area contributed by atoms with Crippen molar-refractivity contribution in [3.8, 4) is 11.5 Å². The Labute approximate surface area is 117 Å². The Balaban J connectivity index is 2.19. The quantitative estimate of drug-likeness (QED) is 0.839. The Morgan fingerprint density at radius 2 is 1.80 bits per heavy atom. The molecule has 2 aromatic rings. The van der Waals surface area contributed by atoms with Gasteiger partial charge in [0.2, 0.25) is 0 Å². The molecule has 2 rings (SSSR count). The van der Waals surface area contributed by atoms with Crippen molar-refractivity contribution in [3.63, 3.8) is 0 Å². The number of carbonyl (C=O) groups is 1. The van der Waals surface area contributed by atoms with E-state index in [-0.39, 0.29) is 5.91 Å². The number of rotatable bonds is 4. The largest absolute Gasteiger partial charge is 0.493 e. The third-order valence-corrected chi connectivity index (χ3v) is 2.79. The zero-order valence-electron chi connectivity index (χ0n) is 11.3. The summed E-state index contributed by atoms with van der Waals surface area (Å²) in [5.41, 5.74) is 7.32. The van der Waals surface area contributed by atoms with Gasteiger partial charge < -0.3 is 20.5 Å². The van der Waals surface area contributed by atoms with Crippen molar-refractivity contribution in [2.24, 2.45) is 0 Å². The molecule has 0 aliphatic rings. The minimum Gasteiger partial charge on any atom is -0.493 e. The van der Waals surface area contributed by atoms with Crippen molar-refractivity contribution in [3.05, 3.63) is 48.0 Å². The first-order valence-corrected chi connectivity index (χ1v) is 6.03. The molecule has 0 saturated carbocycles. The number of carbonyl (C=O) groups excluding carboxylic acids is 1. The molecule has 0 bridgehead atoms. The van der Waals surface area contributed by atoms with Gasteiger partial charge in [-0.05, 0) is 30.3 Å². The van der Waals surface area contributed by atoms with Crippen molar-refractivity contribution in [1.82, 2.24) is 0 Å². The SMILES string of the molecule is COc1ccc(NC(=O)c2cccc(N)c2)cc1OC. The van der Waals surface area contributed by atoms with Crippen molar-refractivity contribution >= 4 is 17.3 Å². The van der Waals surface area contributed by atoms with E-state index in [9.17, 15) is 4.79 Å². The molecule has 0 heterocycles. The minimum atomic E-state index is -0.232. The van der Waals surface area contributed by atoms with Crippen LogP contribution in [0.15, 0.2) is 42.5 Å². The van der Waals surface area contributed by atoms with Crippen LogP contribution in [0.4, 0.5) is 11.4 Å². The number of nitrogens with two attached hydrogens (primary N) is 1. The smallest absolute Gasteiger partial charge is 0.255 e. The highest BCUT2D eigenvalue weighted by Crippen LogP contribution is 2.29. The number of hydrogen-bond donors (Lipinski definition) is 2. The highest BCUT2D eigenvalue weighted by Gasteiger charge is 2.09. The summed E-state index contributed by atoms with van der Waals surface area (Å²) >= 11 is 0. The third-order valence-electron chi connectivity index (χ3n) is 2.79. The van der Waals surface area contributed by atoms with E-state index in [1.807, 2.05) is 0 Å². The Kier molecular flexibility index (Phi) is 4.10. The van der Waals surface area contributed by atoms with E-state index in [4.69, 9.17) is 15.2 Å². The summed E-state index contributed by atoms with van der Waals surface area (Å²) in [5, 5.41) is 2.78. The maximum absolute atomic E-state index is 12.1. The summed E-state index contributed by atoms with van der Waals surface area (Å²) < 4.78 is 10.3. The van der Waals surface area contributed by atoms with Crippen LogP contribution in [0.3, 0.4) is 0 Å². The molecule has 0 saturated heterocycles. The van der Waals surface area contributed by atoms with E-state index in [1.54, 1.807) is 56.7 Å². The maximum atomic E-state index is 12.1. The van der Waals surface area contributed by atoms with Crippen LogP contribution in [0.2, 0.25) is 0 Å². The molecule has 0 aliphatic carbocycles. The lowest BCUT2D eigenvalue weighted by molar-refractivity contribution is 0.102. The second kappa shape index (κ2) is 5.97. The van der Waals surface area contributed by atoms with Crippen LogP contribution in [-0.4, -0.2) is 20.1 Å². The van der Waals surface area contributed by atoms with Gasteiger partial charge in [-0.15, -0.1) is 0 Å². The lowest BCUT2D eigenvalue weighted by Crippen LogP contribution is -2.12. The first-order valence-electron chi connectivity index (χ1n) is 6.03. The third kappa shape index (κ3) is 3.00. The predicted molar refractivity (Wildman–Crippen MR) is 78.4 cm³/mol. The Morgan fingerprint density at radius 1 is 1.05 bits per heavy atom. The molecule has 0 aliphatic heterocycles. The first kappa shape index (κ1) is 13.7. The molecule has 20 heavy (non-hydrogen) atoms. The summed E-state index contributed by atoms with van der Waals surface area (Å²) in [6.45, 7) is 0. The summed E-state index contributed by atoms with van der Waals surface area (Å²) in [4.78, 5) is 12.1. The highest BCUT2D eigenvalue weighted by molar-refractivity contribution is 6.04. The molecule has 0 unspecified atom stereocenters. The van der Waals surface area contributed by atoms with Crippen LogP contribution in [0, 0.1) is 0 Å². The predicted octanol–water partition coefficient (Wildman–Crippen LogP) is 2.54. The number of methoxy groups -OCH3 is 2. The van der Waals surface area contributed by atoms with E-state index < -0.39 is 0 Å². The Bertz CT molecular complexity index is 626. The van der Waals surface area contributed by atoms with Gasteiger partial charge in [0.1, 0.15) is 0 Å². The van der Waals surface area contributed by atoms with Crippen LogP contribution in [0.25, 0.3) is 0 Å². The maximum Gasteiger partial charge on any atom is 0.255 e. The zero-order chi connectivity index (χ0) is 14.5. The van der Waals surface area contributed by atoms with Crippen LogP contribution < -0.4 is 20.5 Å². The monoisotopic (exact) mass is 272 g/mol. The number of ether oxygens (including phenoxy) is 2. The lowest BCUT2D eigenvalue weighted by atomic mass is 10.2. The Morgan fingerprint density at radius 3 is 2.45 bits per heavy atom. The van der Waals surface area contributed by atoms with Gasteiger partial charge in [0, 0.05) is 23.0 Å². The topological polar surface area (TPSA) is 73.6 Å². The molecule has 0 spiro atoms. The molecule has 0 fully saturated rings. The van der Waals surface area contributed by atoms with E-state index in [0.717, 1.165) is 0 Å². The Hall–Kier alpha value is -2.69. The molecular formula is C15H16N2O3. The second-order valence-electron chi connectivity index (χ2n) is 4.15. The molecule has 2 aromatic carbocycles. The number of amides is 1. The number of nitrogen functional groups attached to an aromatic ring is 1. The fourth-order valence-electron chi connectivity index (χ4n) is 1.80. The van der Waals surface area contributed by atoms with E-state index in [2.05, 4.69) is 5.32 Å². The average Bonchev–Trinajstić information content (AvgIpc) is 2.47. The van der Waals surface area contributed by atoms with Crippen molar-refractivity contribution in [1.29, 1.82) is 0 Å². The van der Waals surface area contributed by atoms with Gasteiger partial charge in [-0.3, -0.25) is 4.79 Å². The van der Waals surface area contributed by atoms with Gasteiger partial charge in [0.15, 0.2) is 11.5 Å². The first-order chi connectivity index (χ1) is 9.63. The zero-order valence-corrected chi connectivity index (χ0v) is 11.3. The average molecular weight is 272 g/mol. The molecule has 0 radical (unpaired) electrons. The van der Waals surface area contributed by atoms with E-state index in [1.165, 1.54) is 0 Å². The van der Waals surface area contributed by atoms with Gasteiger partial charge in [0.25, 0.3) is 5.91 Å². The second-order valence-corrected chi connectivity index (χ2v) is 4.15. The van der Waals surface area contributed by atoms with Gasteiger partial charge in [-0.25, -0.2) is 0 Å². The fraction of sp³-hybridized carbons (Fsp3) is 0.133. The fourth-order valence-corrected chi connectivity index (χ4v) is 1.80. The summed E-state index contributed by atoms with van der Waals surface area (Å²) in [7, 11) is 3.10. The van der Waals surface area contributed by atoms with Crippen molar-refractivity contribution < 1.29 is 14.3 Å². The van der Waals surface area contributed by atoms with Gasteiger partial charge >= 0.3 is 0 Å². The van der Waals surface area contributed by atoms with Crippen LogP contribution >= 0.6 is 0 Å². The molecule has 0 atom stereocenters. The van der Waals surface area contributed by atoms with Gasteiger partial charge in [-0.1, -0.05) is 6.07 Å². The molecule has 104 valence electrons. The van der Waals surface area contributed by atoms with E-state index in [0.29, 0.717) is 28.4 Å². The van der Waals surface area contributed by atoms with Crippen LogP contribution in [0.1, 0.15) is 10.4 Å². The number of hydrogen-bond acceptors (Lipinski definition) is 4. The summed E-state index contributed by atoms with van der Waals surface area (Å²) in [6, 6.07) is 12.0. The molecule has 3 N–H and O–H groups in total. The number of benzene rings is 2. The molecular weight excluding hydrogens is 256 g/mol.